The summed E-state index contributed by atoms with van der Waals surface area (Å²) in [5, 5.41) is 3.18. The van der Waals surface area contributed by atoms with E-state index in [0.29, 0.717) is 25.3 Å². The maximum Gasteiger partial charge on any atom is 0.149 e. The molecule has 0 saturated carbocycles. The second-order valence-corrected chi connectivity index (χ2v) is 4.68. The fourth-order valence-electron chi connectivity index (χ4n) is 2.56. The number of hydrogen-bond acceptors (Lipinski definition) is 3. The molecule has 0 atom stereocenters. The third-order valence-corrected chi connectivity index (χ3v) is 3.50. The van der Waals surface area contributed by atoms with E-state index in [4.69, 9.17) is 4.74 Å². The van der Waals surface area contributed by atoms with Gasteiger partial charge >= 0.3 is 0 Å². The van der Waals surface area contributed by atoms with Crippen molar-refractivity contribution >= 4 is 16.6 Å². The molecule has 0 aliphatic carbocycles. The zero-order chi connectivity index (χ0) is 13.6. The summed E-state index contributed by atoms with van der Waals surface area (Å²) in [6.45, 7) is 2.49. The highest BCUT2D eigenvalue weighted by Gasteiger charge is 2.22. The summed E-state index contributed by atoms with van der Waals surface area (Å²) >= 11 is 0. The zero-order valence-electron chi connectivity index (χ0n) is 10.8. The number of halogens is 2. The standard InChI is InChI=1S/C14H14F2N2O/c1-7-5-9(15)14-11(12(7)16)13(17-2)8-6-19-4-3-10(8)18-14/h5H,3-4,6H2,1-2H3,(H,17,18). The Labute approximate surface area is 109 Å². The fourth-order valence-corrected chi connectivity index (χ4v) is 2.56. The normalized spacial score (nSPS) is 14.5. The van der Waals surface area contributed by atoms with Gasteiger partial charge in [0.25, 0.3) is 0 Å². The van der Waals surface area contributed by atoms with Crippen LogP contribution in [0, 0.1) is 18.6 Å². The molecule has 1 aromatic heterocycles. The van der Waals surface area contributed by atoms with E-state index in [-0.39, 0.29) is 16.5 Å². The Hall–Kier alpha value is -1.75. The van der Waals surface area contributed by atoms with Gasteiger partial charge in [0.1, 0.15) is 17.2 Å². The lowest BCUT2D eigenvalue weighted by molar-refractivity contribution is 0.110. The summed E-state index contributed by atoms with van der Waals surface area (Å²) in [5.74, 6) is -0.915. The van der Waals surface area contributed by atoms with Gasteiger partial charge in [-0.1, -0.05) is 0 Å². The second kappa shape index (κ2) is 4.42. The van der Waals surface area contributed by atoms with E-state index in [2.05, 4.69) is 10.3 Å². The summed E-state index contributed by atoms with van der Waals surface area (Å²) < 4.78 is 33.7. The molecule has 0 saturated heterocycles. The third-order valence-electron chi connectivity index (χ3n) is 3.50. The molecule has 19 heavy (non-hydrogen) atoms. The summed E-state index contributed by atoms with van der Waals surface area (Å²) in [6.07, 6.45) is 0.620. The van der Waals surface area contributed by atoms with Gasteiger partial charge in [0.2, 0.25) is 0 Å². The van der Waals surface area contributed by atoms with E-state index in [1.165, 1.54) is 6.07 Å². The van der Waals surface area contributed by atoms with Gasteiger partial charge in [0, 0.05) is 19.0 Å². The molecule has 2 heterocycles. The number of nitrogens with one attached hydrogen (secondary N) is 1. The monoisotopic (exact) mass is 264 g/mol. The molecule has 3 rings (SSSR count). The van der Waals surface area contributed by atoms with Crippen molar-refractivity contribution in [1.29, 1.82) is 0 Å². The van der Waals surface area contributed by atoms with Crippen molar-refractivity contribution in [3.63, 3.8) is 0 Å². The molecule has 1 aromatic carbocycles. The van der Waals surface area contributed by atoms with Gasteiger partial charge < -0.3 is 10.1 Å². The highest BCUT2D eigenvalue weighted by atomic mass is 19.1. The molecule has 100 valence electrons. The van der Waals surface area contributed by atoms with Crippen LogP contribution in [-0.2, 0) is 17.8 Å². The molecule has 0 unspecified atom stereocenters. The number of pyridine rings is 1. The van der Waals surface area contributed by atoms with E-state index in [1.54, 1.807) is 14.0 Å². The molecule has 1 N–H and O–H groups in total. The fraction of sp³-hybridized carbons (Fsp3) is 0.357. The van der Waals surface area contributed by atoms with Gasteiger partial charge in [-0.2, -0.15) is 0 Å². The molecule has 0 radical (unpaired) electrons. The van der Waals surface area contributed by atoms with Crippen molar-refractivity contribution in [3.8, 4) is 0 Å². The van der Waals surface area contributed by atoms with Crippen LogP contribution >= 0.6 is 0 Å². The molecule has 1 aliphatic rings. The third kappa shape index (κ3) is 1.76. The second-order valence-electron chi connectivity index (χ2n) is 4.68. The number of ether oxygens (including phenoxy) is 1. The number of anilines is 1. The van der Waals surface area contributed by atoms with Crippen LogP contribution in [0.5, 0.6) is 0 Å². The Bertz CT molecular complexity index is 671. The number of benzene rings is 1. The van der Waals surface area contributed by atoms with E-state index in [0.717, 1.165) is 11.3 Å². The number of hydrogen-bond donors (Lipinski definition) is 1. The predicted octanol–water partition coefficient (Wildman–Crippen LogP) is 2.94. The molecule has 0 fully saturated rings. The van der Waals surface area contributed by atoms with Gasteiger partial charge in [-0.25, -0.2) is 13.8 Å². The molecule has 2 aromatic rings. The molecular weight excluding hydrogens is 250 g/mol. The minimum absolute atomic E-state index is 0.0908. The number of rotatable bonds is 1. The maximum atomic E-state index is 14.3. The van der Waals surface area contributed by atoms with Gasteiger partial charge in [-0.15, -0.1) is 0 Å². The van der Waals surface area contributed by atoms with Crippen LogP contribution in [0.1, 0.15) is 16.8 Å². The van der Waals surface area contributed by atoms with E-state index >= 15 is 0 Å². The van der Waals surface area contributed by atoms with Crippen LogP contribution in [0.4, 0.5) is 14.5 Å². The summed E-state index contributed by atoms with van der Waals surface area (Å²) in [6, 6.07) is 1.19. The molecule has 0 bridgehead atoms. The first-order valence-electron chi connectivity index (χ1n) is 6.19. The van der Waals surface area contributed by atoms with Crippen molar-refractivity contribution in [2.45, 2.75) is 20.0 Å². The van der Waals surface area contributed by atoms with Crippen molar-refractivity contribution < 1.29 is 13.5 Å². The van der Waals surface area contributed by atoms with Crippen molar-refractivity contribution in [2.24, 2.45) is 0 Å². The van der Waals surface area contributed by atoms with Gasteiger partial charge in [-0.3, -0.25) is 0 Å². The Morgan fingerprint density at radius 3 is 2.89 bits per heavy atom. The Kier molecular flexibility index (Phi) is 2.86. The minimum atomic E-state index is -0.486. The Morgan fingerprint density at radius 2 is 2.16 bits per heavy atom. The molecule has 5 heteroatoms. The van der Waals surface area contributed by atoms with Gasteiger partial charge in [0.15, 0.2) is 0 Å². The predicted molar refractivity (Wildman–Crippen MR) is 69.3 cm³/mol. The van der Waals surface area contributed by atoms with E-state index in [9.17, 15) is 8.78 Å². The summed E-state index contributed by atoms with van der Waals surface area (Å²) in [4.78, 5) is 4.29. The van der Waals surface area contributed by atoms with Crippen LogP contribution < -0.4 is 5.32 Å². The van der Waals surface area contributed by atoms with Crippen LogP contribution in [0.15, 0.2) is 6.07 Å². The maximum absolute atomic E-state index is 14.3. The van der Waals surface area contributed by atoms with Crippen molar-refractivity contribution in [1.82, 2.24) is 4.98 Å². The van der Waals surface area contributed by atoms with Crippen LogP contribution in [-0.4, -0.2) is 18.6 Å². The van der Waals surface area contributed by atoms with E-state index < -0.39 is 11.6 Å². The van der Waals surface area contributed by atoms with Crippen molar-refractivity contribution in [3.05, 3.63) is 34.5 Å². The summed E-state index contributed by atoms with van der Waals surface area (Å²) in [5.41, 5.74) is 2.56. The first-order chi connectivity index (χ1) is 9.13. The molecule has 3 nitrogen and oxygen atoms in total. The van der Waals surface area contributed by atoms with Crippen LogP contribution in [0.25, 0.3) is 10.9 Å². The zero-order valence-corrected chi connectivity index (χ0v) is 10.8. The number of aromatic nitrogens is 1. The number of fused-ring (bicyclic) bond motifs is 2. The number of aryl methyl sites for hydroxylation is 1. The SMILES string of the molecule is CNc1c2c(nc3c(F)cc(C)c(F)c13)CCOC2. The van der Waals surface area contributed by atoms with Crippen LogP contribution in [0.2, 0.25) is 0 Å². The highest BCUT2D eigenvalue weighted by Crippen LogP contribution is 2.35. The Balaban J connectivity index is 2.47. The van der Waals surface area contributed by atoms with Gasteiger partial charge in [0.05, 0.1) is 30.0 Å². The largest absolute Gasteiger partial charge is 0.387 e. The quantitative estimate of drug-likeness (QED) is 0.860. The van der Waals surface area contributed by atoms with Crippen molar-refractivity contribution in [2.75, 3.05) is 19.0 Å². The topological polar surface area (TPSA) is 34.2 Å². The summed E-state index contributed by atoms with van der Waals surface area (Å²) in [7, 11) is 1.70. The first kappa shape index (κ1) is 12.3. The molecular formula is C14H14F2N2O. The van der Waals surface area contributed by atoms with Crippen LogP contribution in [0.3, 0.4) is 0 Å². The first-order valence-corrected chi connectivity index (χ1v) is 6.19. The lowest BCUT2D eigenvalue weighted by Crippen LogP contribution is -2.15. The molecule has 0 spiro atoms. The molecule has 0 amide bonds. The lowest BCUT2D eigenvalue weighted by Gasteiger charge is -2.21. The number of nitrogens with zero attached hydrogens (tertiary/aromatic N) is 1. The highest BCUT2D eigenvalue weighted by molar-refractivity contribution is 5.94. The van der Waals surface area contributed by atoms with Gasteiger partial charge in [-0.05, 0) is 18.6 Å². The average molecular weight is 264 g/mol. The lowest BCUT2D eigenvalue weighted by atomic mass is 10.0. The minimum Gasteiger partial charge on any atom is -0.387 e. The Morgan fingerprint density at radius 1 is 1.37 bits per heavy atom. The molecule has 1 aliphatic heterocycles. The smallest absolute Gasteiger partial charge is 0.149 e. The average Bonchev–Trinajstić information content (AvgIpc) is 2.42. The van der Waals surface area contributed by atoms with E-state index in [1.807, 2.05) is 0 Å².